The molecule has 0 unspecified atom stereocenters. The molecular weight excluding hydrogens is 252 g/mol. The smallest absolute Gasteiger partial charge is 0.252 e. The number of hydrogen-bond acceptors (Lipinski definition) is 4. The largest absolute Gasteiger partial charge is 0.372 e. The molecule has 2 heterocycles. The maximum Gasteiger partial charge on any atom is 0.252 e. The summed E-state index contributed by atoms with van der Waals surface area (Å²) in [6.45, 7) is 2.10. The van der Waals surface area contributed by atoms with Gasteiger partial charge in [0.15, 0.2) is 0 Å². The van der Waals surface area contributed by atoms with Crippen molar-refractivity contribution in [2.75, 3.05) is 12.4 Å². The van der Waals surface area contributed by atoms with Gasteiger partial charge in [-0.2, -0.15) is 0 Å². The van der Waals surface area contributed by atoms with Gasteiger partial charge in [0.1, 0.15) is 5.82 Å². The predicted octanol–water partition coefficient (Wildman–Crippen LogP) is 2.24. The van der Waals surface area contributed by atoms with Crippen LogP contribution in [-0.2, 0) is 6.42 Å². The third-order valence-electron chi connectivity index (χ3n) is 3.08. The standard InChI is InChI=1S/C15H18N4O/c1-3-4-13-11(10-5-7-18-8-6-10)9-12(14(16)20)15(17-2)19-13/h5-9H,3-4H2,1-2H3,(H2,16,20)(H,17,19). The predicted molar refractivity (Wildman–Crippen MR) is 79.5 cm³/mol. The fourth-order valence-electron chi connectivity index (χ4n) is 2.14. The summed E-state index contributed by atoms with van der Waals surface area (Å²) in [6, 6.07) is 5.61. The second kappa shape index (κ2) is 6.14. The lowest BCUT2D eigenvalue weighted by Gasteiger charge is -2.13. The molecule has 0 aliphatic heterocycles. The molecule has 20 heavy (non-hydrogen) atoms. The normalized spacial score (nSPS) is 10.3. The summed E-state index contributed by atoms with van der Waals surface area (Å²) < 4.78 is 0. The minimum atomic E-state index is -0.486. The number of nitrogens with zero attached hydrogens (tertiary/aromatic N) is 2. The number of rotatable bonds is 5. The van der Waals surface area contributed by atoms with Crippen molar-refractivity contribution in [3.8, 4) is 11.1 Å². The van der Waals surface area contributed by atoms with E-state index in [0.29, 0.717) is 11.4 Å². The minimum Gasteiger partial charge on any atom is -0.372 e. The number of pyridine rings is 2. The zero-order valence-electron chi connectivity index (χ0n) is 11.7. The van der Waals surface area contributed by atoms with Crippen molar-refractivity contribution in [2.45, 2.75) is 19.8 Å². The van der Waals surface area contributed by atoms with E-state index in [1.165, 1.54) is 0 Å². The highest BCUT2D eigenvalue weighted by atomic mass is 16.1. The average molecular weight is 270 g/mol. The highest BCUT2D eigenvalue weighted by molar-refractivity contribution is 5.99. The molecule has 0 aliphatic rings. The maximum absolute atomic E-state index is 11.6. The Bertz CT molecular complexity index is 611. The fraction of sp³-hybridized carbons (Fsp3) is 0.267. The van der Waals surface area contributed by atoms with Gasteiger partial charge in [-0.1, -0.05) is 13.3 Å². The molecule has 2 rings (SSSR count). The quantitative estimate of drug-likeness (QED) is 0.873. The van der Waals surface area contributed by atoms with E-state index in [1.54, 1.807) is 19.4 Å². The average Bonchev–Trinajstić information content (AvgIpc) is 2.47. The number of primary amides is 1. The van der Waals surface area contributed by atoms with Gasteiger partial charge in [0.2, 0.25) is 0 Å². The Morgan fingerprint density at radius 2 is 2.05 bits per heavy atom. The second-order valence-electron chi connectivity index (χ2n) is 4.48. The molecule has 0 aromatic carbocycles. The molecule has 1 amide bonds. The molecule has 5 heteroatoms. The minimum absolute atomic E-state index is 0.402. The number of carbonyl (C=O) groups excluding carboxylic acids is 1. The van der Waals surface area contributed by atoms with Crippen LogP contribution in [0.1, 0.15) is 29.4 Å². The summed E-state index contributed by atoms with van der Waals surface area (Å²) in [6.07, 6.45) is 5.26. The van der Waals surface area contributed by atoms with Crippen LogP contribution in [0.25, 0.3) is 11.1 Å². The summed E-state index contributed by atoms with van der Waals surface area (Å²) >= 11 is 0. The van der Waals surface area contributed by atoms with Crippen molar-refractivity contribution in [1.29, 1.82) is 0 Å². The number of carbonyl (C=O) groups is 1. The Balaban J connectivity index is 2.64. The molecule has 0 spiro atoms. The first kappa shape index (κ1) is 14.0. The van der Waals surface area contributed by atoms with Crippen LogP contribution in [0, 0.1) is 0 Å². The van der Waals surface area contributed by atoms with Gasteiger partial charge in [0.05, 0.1) is 11.3 Å². The van der Waals surface area contributed by atoms with Gasteiger partial charge in [-0.05, 0) is 30.2 Å². The number of nitrogens with one attached hydrogen (secondary N) is 1. The van der Waals surface area contributed by atoms with Crippen LogP contribution >= 0.6 is 0 Å². The molecule has 3 N–H and O–H groups in total. The first-order valence-electron chi connectivity index (χ1n) is 6.59. The summed E-state index contributed by atoms with van der Waals surface area (Å²) in [5.74, 6) is 0.0407. The van der Waals surface area contributed by atoms with E-state index in [-0.39, 0.29) is 0 Å². The molecule has 0 saturated heterocycles. The third-order valence-corrected chi connectivity index (χ3v) is 3.08. The van der Waals surface area contributed by atoms with Gasteiger partial charge in [0, 0.05) is 25.0 Å². The number of aromatic nitrogens is 2. The van der Waals surface area contributed by atoms with Gasteiger partial charge in [0.25, 0.3) is 5.91 Å². The van der Waals surface area contributed by atoms with E-state index in [0.717, 1.165) is 29.7 Å². The van der Waals surface area contributed by atoms with Gasteiger partial charge in [-0.15, -0.1) is 0 Å². The second-order valence-corrected chi connectivity index (χ2v) is 4.48. The first-order chi connectivity index (χ1) is 9.67. The van der Waals surface area contributed by atoms with Crippen molar-refractivity contribution in [3.05, 3.63) is 41.9 Å². The van der Waals surface area contributed by atoms with Crippen molar-refractivity contribution >= 4 is 11.7 Å². The molecule has 0 saturated carbocycles. The summed E-state index contributed by atoms with van der Waals surface area (Å²) in [5.41, 5.74) is 8.70. The highest BCUT2D eigenvalue weighted by Crippen LogP contribution is 2.27. The number of aryl methyl sites for hydroxylation is 1. The van der Waals surface area contributed by atoms with Gasteiger partial charge in [-0.25, -0.2) is 4.98 Å². The highest BCUT2D eigenvalue weighted by Gasteiger charge is 2.15. The molecule has 0 bridgehead atoms. The molecular formula is C15H18N4O. The van der Waals surface area contributed by atoms with Gasteiger partial charge >= 0.3 is 0 Å². The maximum atomic E-state index is 11.6. The molecule has 2 aromatic heterocycles. The van der Waals surface area contributed by atoms with Crippen LogP contribution in [0.15, 0.2) is 30.6 Å². The Labute approximate surface area is 118 Å². The molecule has 0 fully saturated rings. The Morgan fingerprint density at radius 3 is 2.60 bits per heavy atom. The van der Waals surface area contributed by atoms with Crippen LogP contribution in [0.2, 0.25) is 0 Å². The third kappa shape index (κ3) is 2.77. The van der Waals surface area contributed by atoms with Crippen LogP contribution in [0.3, 0.4) is 0 Å². The summed E-state index contributed by atoms with van der Waals surface area (Å²) in [5, 5.41) is 2.93. The van der Waals surface area contributed by atoms with E-state index < -0.39 is 5.91 Å². The molecule has 5 nitrogen and oxygen atoms in total. The SMILES string of the molecule is CCCc1nc(NC)c(C(N)=O)cc1-c1ccncc1. The van der Waals surface area contributed by atoms with Crippen LogP contribution in [-0.4, -0.2) is 22.9 Å². The summed E-state index contributed by atoms with van der Waals surface area (Å²) in [4.78, 5) is 20.1. The van der Waals surface area contributed by atoms with E-state index in [2.05, 4.69) is 22.2 Å². The topological polar surface area (TPSA) is 80.9 Å². The van der Waals surface area contributed by atoms with Gasteiger partial charge < -0.3 is 11.1 Å². The lowest BCUT2D eigenvalue weighted by molar-refractivity contribution is 0.100. The van der Waals surface area contributed by atoms with E-state index in [1.807, 2.05) is 18.2 Å². The lowest BCUT2D eigenvalue weighted by Crippen LogP contribution is -2.15. The van der Waals surface area contributed by atoms with Crippen molar-refractivity contribution < 1.29 is 4.79 Å². The van der Waals surface area contributed by atoms with Crippen molar-refractivity contribution in [1.82, 2.24) is 9.97 Å². The fourth-order valence-corrected chi connectivity index (χ4v) is 2.14. The van der Waals surface area contributed by atoms with Crippen LogP contribution < -0.4 is 11.1 Å². The number of nitrogens with two attached hydrogens (primary N) is 1. The number of hydrogen-bond donors (Lipinski definition) is 2. The molecule has 0 aliphatic carbocycles. The van der Waals surface area contributed by atoms with E-state index in [9.17, 15) is 4.79 Å². The van der Waals surface area contributed by atoms with Crippen LogP contribution in [0.4, 0.5) is 5.82 Å². The lowest BCUT2D eigenvalue weighted by atomic mass is 10.00. The molecule has 2 aromatic rings. The Hall–Kier alpha value is -2.43. The zero-order chi connectivity index (χ0) is 14.5. The Morgan fingerprint density at radius 1 is 1.35 bits per heavy atom. The van der Waals surface area contributed by atoms with Crippen LogP contribution in [0.5, 0.6) is 0 Å². The Kier molecular flexibility index (Phi) is 4.30. The molecule has 0 atom stereocenters. The first-order valence-corrected chi connectivity index (χ1v) is 6.59. The molecule has 0 radical (unpaired) electrons. The van der Waals surface area contributed by atoms with Crippen molar-refractivity contribution in [2.24, 2.45) is 5.73 Å². The molecule has 104 valence electrons. The zero-order valence-corrected chi connectivity index (χ0v) is 11.7. The van der Waals surface area contributed by atoms with Gasteiger partial charge in [-0.3, -0.25) is 9.78 Å². The van der Waals surface area contributed by atoms with E-state index in [4.69, 9.17) is 5.73 Å². The van der Waals surface area contributed by atoms with E-state index >= 15 is 0 Å². The number of amides is 1. The summed E-state index contributed by atoms with van der Waals surface area (Å²) in [7, 11) is 1.73. The van der Waals surface area contributed by atoms with Crippen molar-refractivity contribution in [3.63, 3.8) is 0 Å². The number of anilines is 1. The monoisotopic (exact) mass is 270 g/mol.